The van der Waals surface area contributed by atoms with Crippen molar-refractivity contribution in [1.29, 1.82) is 0 Å². The molecule has 0 bridgehead atoms. The third kappa shape index (κ3) is 3.51. The van der Waals surface area contributed by atoms with E-state index in [1.54, 1.807) is 13.3 Å². The van der Waals surface area contributed by atoms with E-state index in [9.17, 15) is 0 Å². The van der Waals surface area contributed by atoms with Gasteiger partial charge >= 0.3 is 0 Å². The van der Waals surface area contributed by atoms with Crippen molar-refractivity contribution in [1.82, 2.24) is 14.9 Å². The molecule has 0 unspecified atom stereocenters. The molecule has 0 spiro atoms. The van der Waals surface area contributed by atoms with Gasteiger partial charge in [0.2, 0.25) is 0 Å². The maximum Gasteiger partial charge on any atom is 0.161 e. The minimum atomic E-state index is 0.576. The van der Waals surface area contributed by atoms with Crippen LogP contribution in [0.1, 0.15) is 11.4 Å². The highest BCUT2D eigenvalue weighted by atomic mass is 16.5. The number of benzene rings is 1. The Kier molecular flexibility index (Phi) is 5.01. The van der Waals surface area contributed by atoms with Gasteiger partial charge in [0.1, 0.15) is 5.82 Å². The topological polar surface area (TPSA) is 48.3 Å². The van der Waals surface area contributed by atoms with Crippen molar-refractivity contribution in [2.24, 2.45) is 7.05 Å². The largest absolute Gasteiger partial charge is 0.493 e. The number of hydrogen-bond acceptors (Lipinski definition) is 4. The fraction of sp³-hybridized carbons (Fsp3) is 0.400. The van der Waals surface area contributed by atoms with Gasteiger partial charge in [0.15, 0.2) is 11.5 Å². The van der Waals surface area contributed by atoms with Gasteiger partial charge in [-0.05, 0) is 24.7 Å². The molecule has 5 heteroatoms. The Morgan fingerprint density at radius 2 is 2.15 bits per heavy atom. The third-order valence-electron chi connectivity index (χ3n) is 3.11. The van der Waals surface area contributed by atoms with Gasteiger partial charge in [-0.3, -0.25) is 0 Å². The van der Waals surface area contributed by atoms with Crippen LogP contribution in [0.4, 0.5) is 0 Å². The number of aromatic nitrogens is 2. The average Bonchev–Trinajstić information content (AvgIpc) is 2.86. The Labute approximate surface area is 119 Å². The fourth-order valence-electron chi connectivity index (χ4n) is 2.03. The van der Waals surface area contributed by atoms with E-state index in [0.29, 0.717) is 6.61 Å². The molecule has 1 heterocycles. The number of rotatable bonds is 7. The Bertz CT molecular complexity index is 552. The Morgan fingerprint density at radius 3 is 2.80 bits per heavy atom. The van der Waals surface area contributed by atoms with Crippen LogP contribution in [0.15, 0.2) is 30.6 Å². The molecule has 0 saturated carbocycles. The Balaban J connectivity index is 1.96. The van der Waals surface area contributed by atoms with E-state index in [1.165, 1.54) is 5.56 Å². The van der Waals surface area contributed by atoms with E-state index in [2.05, 4.69) is 10.3 Å². The van der Waals surface area contributed by atoms with Crippen LogP contribution in [0.2, 0.25) is 0 Å². The molecule has 0 fully saturated rings. The van der Waals surface area contributed by atoms with E-state index in [1.807, 2.05) is 43.1 Å². The lowest BCUT2D eigenvalue weighted by molar-refractivity contribution is 0.294. The zero-order valence-electron chi connectivity index (χ0n) is 12.2. The van der Waals surface area contributed by atoms with E-state index in [4.69, 9.17) is 9.47 Å². The zero-order valence-corrected chi connectivity index (χ0v) is 12.2. The van der Waals surface area contributed by atoms with Crippen molar-refractivity contribution in [2.45, 2.75) is 13.0 Å². The van der Waals surface area contributed by atoms with Crippen LogP contribution in [-0.4, -0.2) is 30.3 Å². The lowest BCUT2D eigenvalue weighted by Crippen LogP contribution is -2.08. The van der Waals surface area contributed by atoms with Crippen molar-refractivity contribution in [3.63, 3.8) is 0 Å². The summed E-state index contributed by atoms with van der Waals surface area (Å²) in [5, 5.41) is 3.12. The molecule has 0 aliphatic carbocycles. The smallest absolute Gasteiger partial charge is 0.161 e. The summed E-state index contributed by atoms with van der Waals surface area (Å²) < 4.78 is 13.2. The summed E-state index contributed by atoms with van der Waals surface area (Å²) in [4.78, 5) is 4.27. The Hall–Kier alpha value is -2.01. The van der Waals surface area contributed by atoms with Crippen molar-refractivity contribution in [2.75, 3.05) is 20.8 Å². The summed E-state index contributed by atoms with van der Waals surface area (Å²) in [6.07, 6.45) is 4.50. The highest BCUT2D eigenvalue weighted by Crippen LogP contribution is 2.28. The summed E-state index contributed by atoms with van der Waals surface area (Å²) in [6, 6.07) is 5.98. The van der Waals surface area contributed by atoms with Gasteiger partial charge < -0.3 is 19.4 Å². The van der Waals surface area contributed by atoms with Crippen molar-refractivity contribution in [3.8, 4) is 11.5 Å². The fourth-order valence-corrected chi connectivity index (χ4v) is 2.03. The standard InChI is InChI=1S/C15H21N3O2/c1-16-11-12-4-5-13(14(10-12)19-3)20-9-6-15-17-7-8-18(15)2/h4-5,7-8,10,16H,6,9,11H2,1-3H3. The second kappa shape index (κ2) is 6.96. The molecule has 5 nitrogen and oxygen atoms in total. The van der Waals surface area contributed by atoms with E-state index < -0.39 is 0 Å². The molecule has 2 aromatic rings. The third-order valence-corrected chi connectivity index (χ3v) is 3.11. The van der Waals surface area contributed by atoms with Gasteiger partial charge in [-0.25, -0.2) is 4.98 Å². The van der Waals surface area contributed by atoms with Gasteiger partial charge in [0.05, 0.1) is 13.7 Å². The monoisotopic (exact) mass is 275 g/mol. The highest BCUT2D eigenvalue weighted by Gasteiger charge is 2.06. The van der Waals surface area contributed by atoms with Crippen LogP contribution in [-0.2, 0) is 20.0 Å². The van der Waals surface area contributed by atoms with Crippen LogP contribution < -0.4 is 14.8 Å². The lowest BCUT2D eigenvalue weighted by atomic mass is 10.2. The minimum Gasteiger partial charge on any atom is -0.493 e. The van der Waals surface area contributed by atoms with Gasteiger partial charge in [-0.15, -0.1) is 0 Å². The molecule has 0 aliphatic rings. The molecule has 1 N–H and O–H groups in total. The normalized spacial score (nSPS) is 10.6. The first kappa shape index (κ1) is 14.4. The van der Waals surface area contributed by atoms with E-state index in [-0.39, 0.29) is 0 Å². The minimum absolute atomic E-state index is 0.576. The molecule has 0 radical (unpaired) electrons. The maximum absolute atomic E-state index is 5.79. The van der Waals surface area contributed by atoms with Crippen molar-refractivity contribution in [3.05, 3.63) is 42.0 Å². The van der Waals surface area contributed by atoms with E-state index in [0.717, 1.165) is 30.3 Å². The number of ether oxygens (including phenoxy) is 2. The second-order valence-electron chi connectivity index (χ2n) is 4.57. The summed E-state index contributed by atoms with van der Waals surface area (Å²) in [6.45, 7) is 1.39. The number of methoxy groups -OCH3 is 1. The second-order valence-corrected chi connectivity index (χ2v) is 4.57. The number of nitrogens with one attached hydrogen (secondary N) is 1. The quantitative estimate of drug-likeness (QED) is 0.836. The summed E-state index contributed by atoms with van der Waals surface area (Å²) >= 11 is 0. The molecular formula is C15H21N3O2. The molecule has 2 rings (SSSR count). The molecule has 108 valence electrons. The molecule has 0 saturated heterocycles. The average molecular weight is 275 g/mol. The number of nitrogens with zero attached hydrogens (tertiary/aromatic N) is 2. The molecule has 20 heavy (non-hydrogen) atoms. The van der Waals surface area contributed by atoms with Crippen LogP contribution in [0, 0.1) is 0 Å². The molecule has 0 aliphatic heterocycles. The molecule has 0 amide bonds. The zero-order chi connectivity index (χ0) is 14.4. The number of hydrogen-bond donors (Lipinski definition) is 1. The number of aryl methyl sites for hydroxylation is 1. The van der Waals surface area contributed by atoms with Gasteiger partial charge in [0.25, 0.3) is 0 Å². The summed E-state index contributed by atoms with van der Waals surface area (Å²) in [5.74, 6) is 2.54. The van der Waals surface area contributed by atoms with Gasteiger partial charge in [-0.2, -0.15) is 0 Å². The maximum atomic E-state index is 5.79. The van der Waals surface area contributed by atoms with Crippen LogP contribution >= 0.6 is 0 Å². The predicted octanol–water partition coefficient (Wildman–Crippen LogP) is 1.77. The number of imidazole rings is 1. The van der Waals surface area contributed by atoms with Gasteiger partial charge in [0, 0.05) is 32.4 Å². The SMILES string of the molecule is CNCc1ccc(OCCc2nccn2C)c(OC)c1. The van der Waals surface area contributed by atoms with Crippen molar-refractivity contribution >= 4 is 0 Å². The van der Waals surface area contributed by atoms with Crippen LogP contribution in [0.25, 0.3) is 0 Å². The summed E-state index contributed by atoms with van der Waals surface area (Å²) in [5.41, 5.74) is 1.17. The predicted molar refractivity (Wildman–Crippen MR) is 78.2 cm³/mol. The molecular weight excluding hydrogens is 254 g/mol. The first-order valence-corrected chi connectivity index (χ1v) is 6.65. The molecule has 1 aromatic heterocycles. The van der Waals surface area contributed by atoms with Crippen LogP contribution in [0.5, 0.6) is 11.5 Å². The van der Waals surface area contributed by atoms with E-state index >= 15 is 0 Å². The molecule has 1 aromatic carbocycles. The van der Waals surface area contributed by atoms with Crippen LogP contribution in [0.3, 0.4) is 0 Å². The highest BCUT2D eigenvalue weighted by molar-refractivity contribution is 5.42. The van der Waals surface area contributed by atoms with Crippen molar-refractivity contribution < 1.29 is 9.47 Å². The molecule has 0 atom stereocenters. The Morgan fingerprint density at radius 1 is 1.30 bits per heavy atom. The lowest BCUT2D eigenvalue weighted by Gasteiger charge is -2.12. The first-order valence-electron chi connectivity index (χ1n) is 6.65. The first-order chi connectivity index (χ1) is 9.74. The summed E-state index contributed by atoms with van der Waals surface area (Å²) in [7, 11) is 5.56. The van der Waals surface area contributed by atoms with Gasteiger partial charge in [-0.1, -0.05) is 6.07 Å².